The Morgan fingerprint density at radius 1 is 1.19 bits per heavy atom. The van der Waals surface area contributed by atoms with Crippen molar-refractivity contribution in [3.8, 4) is 11.3 Å². The lowest BCUT2D eigenvalue weighted by atomic mass is 9.97. The van der Waals surface area contributed by atoms with Crippen molar-refractivity contribution >= 4 is 32.4 Å². The van der Waals surface area contributed by atoms with E-state index in [1.165, 1.54) is 17.4 Å². The number of rotatable bonds is 7. The molecule has 2 aliphatic rings. The van der Waals surface area contributed by atoms with E-state index in [1.54, 1.807) is 6.07 Å². The van der Waals surface area contributed by atoms with Crippen molar-refractivity contribution in [1.29, 1.82) is 0 Å². The maximum absolute atomic E-state index is 15.0. The van der Waals surface area contributed by atoms with Gasteiger partial charge in [-0.25, -0.2) is 13.8 Å². The van der Waals surface area contributed by atoms with Crippen LogP contribution in [0.2, 0.25) is 0 Å². The van der Waals surface area contributed by atoms with Gasteiger partial charge in [0.1, 0.15) is 12.0 Å². The van der Waals surface area contributed by atoms with E-state index in [2.05, 4.69) is 15.5 Å². The first-order valence-corrected chi connectivity index (χ1v) is 14.0. The van der Waals surface area contributed by atoms with Crippen LogP contribution in [0, 0.1) is 5.82 Å². The van der Waals surface area contributed by atoms with Crippen molar-refractivity contribution in [2.45, 2.75) is 44.3 Å². The van der Waals surface area contributed by atoms with Gasteiger partial charge in [0, 0.05) is 43.0 Å². The van der Waals surface area contributed by atoms with Gasteiger partial charge in [-0.1, -0.05) is 23.5 Å². The van der Waals surface area contributed by atoms with Gasteiger partial charge in [0.2, 0.25) is 0 Å². The highest BCUT2D eigenvalue weighted by Gasteiger charge is 2.24. The van der Waals surface area contributed by atoms with E-state index in [9.17, 15) is 13.6 Å². The molecule has 0 bridgehead atoms. The summed E-state index contributed by atoms with van der Waals surface area (Å²) < 4.78 is 31.2. The van der Waals surface area contributed by atoms with Crippen molar-refractivity contribution in [2.24, 2.45) is 0 Å². The average molecular weight is 524 g/mol. The third kappa shape index (κ3) is 5.00. The Hall–Kier alpha value is -2.88. The molecule has 4 aromatic rings. The number of aromatic nitrogens is 2. The third-order valence-electron chi connectivity index (χ3n) is 7.55. The van der Waals surface area contributed by atoms with E-state index in [0.717, 1.165) is 66.2 Å². The fourth-order valence-electron chi connectivity index (χ4n) is 5.55. The number of nitrogens with one attached hydrogen (secondary N) is 2. The lowest BCUT2D eigenvalue weighted by molar-refractivity contribution is 0.0950. The fraction of sp³-hybridized carbons (Fsp3) is 0.429. The Morgan fingerprint density at radius 3 is 2.86 bits per heavy atom. The summed E-state index contributed by atoms with van der Waals surface area (Å²) >= 11 is 1.50. The van der Waals surface area contributed by atoms with Crippen LogP contribution >= 0.6 is 11.3 Å². The van der Waals surface area contributed by atoms with Gasteiger partial charge in [-0.2, -0.15) is 0 Å². The van der Waals surface area contributed by atoms with E-state index in [4.69, 9.17) is 4.98 Å². The minimum Gasteiger partial charge on any atom is -0.352 e. The minimum atomic E-state index is -0.663. The highest BCUT2D eigenvalue weighted by atomic mass is 32.1. The summed E-state index contributed by atoms with van der Waals surface area (Å²) in [6.45, 7) is 3.99. The molecule has 37 heavy (non-hydrogen) atoms. The number of carbonyl (C=O) groups is 1. The standard InChI is InChI=1S/C28H31F2N5OS/c29-19-9-14-34(15-10-19)13-3-12-32-27(36)18-7-8-24-25(16-18)37-28-33-23(17-35(24)28)26-20(4-1-5-21(26)30)22-6-2-11-31-22/h1,4-5,7-8,16-17,19,22,31H,2-3,6,9-15H2,(H,32,36)/t22-/m1/s1. The van der Waals surface area contributed by atoms with Crippen molar-refractivity contribution in [3.05, 3.63) is 59.5 Å². The zero-order valence-electron chi connectivity index (χ0n) is 20.7. The molecule has 2 saturated heterocycles. The molecule has 0 aliphatic carbocycles. The highest BCUT2D eigenvalue weighted by molar-refractivity contribution is 7.23. The van der Waals surface area contributed by atoms with Crippen LogP contribution in [0.5, 0.6) is 0 Å². The molecule has 0 spiro atoms. The fourth-order valence-corrected chi connectivity index (χ4v) is 6.59. The number of fused-ring (bicyclic) bond motifs is 3. The van der Waals surface area contributed by atoms with Gasteiger partial charge >= 0.3 is 0 Å². The molecule has 1 amide bonds. The number of thiazole rings is 1. The summed E-state index contributed by atoms with van der Waals surface area (Å²) in [6, 6.07) is 11.0. The third-order valence-corrected chi connectivity index (χ3v) is 8.57. The van der Waals surface area contributed by atoms with Crippen LogP contribution in [0.25, 0.3) is 26.4 Å². The molecule has 2 aliphatic heterocycles. The SMILES string of the molecule is O=C(NCCCN1CCC(F)CC1)c1ccc2c(c1)sc1nc(-c3c(F)cccc3[C@H]3CCCN3)cn12. The smallest absolute Gasteiger partial charge is 0.251 e. The number of carbonyl (C=O) groups excluding carboxylic acids is 1. The van der Waals surface area contributed by atoms with Crippen LogP contribution in [0.4, 0.5) is 8.78 Å². The predicted molar refractivity (Wildman–Crippen MR) is 143 cm³/mol. The first-order chi connectivity index (χ1) is 18.1. The number of hydrogen-bond donors (Lipinski definition) is 2. The Bertz CT molecular complexity index is 1420. The number of halogens is 2. The van der Waals surface area contributed by atoms with Crippen molar-refractivity contribution in [2.75, 3.05) is 32.7 Å². The molecular weight excluding hydrogens is 492 g/mol. The summed E-state index contributed by atoms with van der Waals surface area (Å²) in [4.78, 5) is 20.6. The predicted octanol–water partition coefficient (Wildman–Crippen LogP) is 5.33. The molecular formula is C28H31F2N5OS. The van der Waals surface area contributed by atoms with Crippen LogP contribution in [0.15, 0.2) is 42.6 Å². The number of piperidine rings is 1. The second-order valence-corrected chi connectivity index (χ2v) is 11.1. The molecule has 0 saturated carbocycles. The van der Waals surface area contributed by atoms with Gasteiger partial charge < -0.3 is 15.5 Å². The van der Waals surface area contributed by atoms with Crippen LogP contribution in [-0.4, -0.2) is 59.1 Å². The van der Waals surface area contributed by atoms with E-state index in [0.29, 0.717) is 36.2 Å². The summed E-state index contributed by atoms with van der Waals surface area (Å²) in [5.41, 5.74) is 3.71. The molecule has 2 aromatic heterocycles. The van der Waals surface area contributed by atoms with Gasteiger partial charge in [0.15, 0.2) is 4.96 Å². The first-order valence-electron chi connectivity index (χ1n) is 13.2. The van der Waals surface area contributed by atoms with Gasteiger partial charge in [0.25, 0.3) is 5.91 Å². The second-order valence-electron chi connectivity index (χ2n) is 10.0. The van der Waals surface area contributed by atoms with Crippen LogP contribution in [0.3, 0.4) is 0 Å². The van der Waals surface area contributed by atoms with Crippen molar-refractivity contribution in [1.82, 2.24) is 24.9 Å². The average Bonchev–Trinajstić information content (AvgIpc) is 3.64. The molecule has 4 heterocycles. The number of amides is 1. The number of nitrogens with zero attached hydrogens (tertiary/aromatic N) is 3. The molecule has 2 fully saturated rings. The molecule has 2 N–H and O–H groups in total. The number of likely N-dealkylation sites (tertiary alicyclic amines) is 1. The highest BCUT2D eigenvalue weighted by Crippen LogP contribution is 2.36. The largest absolute Gasteiger partial charge is 0.352 e. The van der Waals surface area contributed by atoms with Gasteiger partial charge in [-0.05, 0) is 75.0 Å². The zero-order valence-corrected chi connectivity index (χ0v) is 21.5. The lowest BCUT2D eigenvalue weighted by Crippen LogP contribution is -2.36. The zero-order chi connectivity index (χ0) is 25.4. The van der Waals surface area contributed by atoms with Crippen LogP contribution in [0.1, 0.15) is 54.1 Å². The normalized spacial score (nSPS) is 19.2. The van der Waals surface area contributed by atoms with Gasteiger partial charge in [-0.3, -0.25) is 9.20 Å². The van der Waals surface area contributed by atoms with Crippen LogP contribution in [-0.2, 0) is 0 Å². The maximum atomic E-state index is 15.0. The molecule has 0 unspecified atom stereocenters. The summed E-state index contributed by atoms with van der Waals surface area (Å²) in [5, 5.41) is 6.47. The topological polar surface area (TPSA) is 61.7 Å². The first kappa shape index (κ1) is 24.5. The molecule has 194 valence electrons. The lowest BCUT2D eigenvalue weighted by Gasteiger charge is -2.28. The number of imidazole rings is 1. The van der Waals surface area contributed by atoms with Crippen LogP contribution < -0.4 is 10.6 Å². The number of hydrogen-bond acceptors (Lipinski definition) is 5. The second kappa shape index (κ2) is 10.5. The summed E-state index contributed by atoms with van der Waals surface area (Å²) in [5.74, 6) is -0.358. The van der Waals surface area contributed by atoms with E-state index < -0.39 is 6.17 Å². The minimum absolute atomic E-state index is 0.101. The quantitative estimate of drug-likeness (QED) is 0.322. The van der Waals surface area contributed by atoms with E-state index >= 15 is 0 Å². The molecule has 1 atom stereocenters. The van der Waals surface area contributed by atoms with Crippen molar-refractivity contribution < 1.29 is 13.6 Å². The molecule has 9 heteroatoms. The number of benzene rings is 2. The maximum Gasteiger partial charge on any atom is 0.251 e. The number of alkyl halides is 1. The Balaban J connectivity index is 1.16. The molecule has 2 aromatic carbocycles. The van der Waals surface area contributed by atoms with Gasteiger partial charge in [-0.15, -0.1) is 0 Å². The monoisotopic (exact) mass is 523 g/mol. The van der Waals surface area contributed by atoms with Crippen molar-refractivity contribution in [3.63, 3.8) is 0 Å². The Kier molecular flexibility index (Phi) is 6.92. The molecule has 6 rings (SSSR count). The molecule has 6 nitrogen and oxygen atoms in total. The van der Waals surface area contributed by atoms with Gasteiger partial charge in [0.05, 0.1) is 15.9 Å². The molecule has 0 radical (unpaired) electrons. The van der Waals surface area contributed by atoms with E-state index in [-0.39, 0.29) is 17.8 Å². The Morgan fingerprint density at radius 2 is 2.05 bits per heavy atom. The summed E-state index contributed by atoms with van der Waals surface area (Å²) in [7, 11) is 0. The Labute approximate surface area is 218 Å². The van der Waals surface area contributed by atoms with E-state index in [1.807, 2.05) is 34.9 Å². The summed E-state index contributed by atoms with van der Waals surface area (Å²) in [6.07, 6.45) is 5.37.